The Kier molecular flexibility index (Phi) is 10.6. The van der Waals surface area contributed by atoms with Crippen LogP contribution >= 0.6 is 0 Å². The summed E-state index contributed by atoms with van der Waals surface area (Å²) in [5, 5.41) is 14.8. The summed E-state index contributed by atoms with van der Waals surface area (Å²) in [6.07, 6.45) is -1.22. The zero-order valence-electron chi connectivity index (χ0n) is 21.3. The Morgan fingerprint density at radius 3 is 2.16 bits per heavy atom. The third-order valence-electron chi connectivity index (χ3n) is 5.18. The van der Waals surface area contributed by atoms with Gasteiger partial charge in [0.15, 0.2) is 0 Å². The van der Waals surface area contributed by atoms with Crippen LogP contribution in [0.25, 0.3) is 0 Å². The molecule has 0 bridgehead atoms. The molecule has 2 aromatic rings. The largest absolute Gasteiger partial charge is 0.444 e. The van der Waals surface area contributed by atoms with Crippen LogP contribution < -0.4 is 16.4 Å². The number of primary amides is 1. The number of nitrogens with one attached hydrogen (secondary N) is 2. The van der Waals surface area contributed by atoms with Gasteiger partial charge in [-0.15, -0.1) is 0 Å². The lowest BCUT2D eigenvalue weighted by Gasteiger charge is -2.33. The average molecular weight is 508 g/mol. The Morgan fingerprint density at radius 1 is 1.03 bits per heavy atom. The molecule has 10 nitrogen and oxygen atoms in total. The summed E-state index contributed by atoms with van der Waals surface area (Å²) >= 11 is 0. The fourth-order valence-electron chi connectivity index (χ4n) is 3.56. The summed E-state index contributed by atoms with van der Waals surface area (Å²) in [6.45, 7) is 4.75. The van der Waals surface area contributed by atoms with E-state index in [1.165, 1.54) is 0 Å². The van der Waals surface area contributed by atoms with Crippen molar-refractivity contribution in [2.45, 2.75) is 57.8 Å². The van der Waals surface area contributed by atoms with Crippen molar-refractivity contribution in [1.29, 1.82) is 5.26 Å². The lowest BCUT2D eigenvalue weighted by atomic mass is 10.0. The second-order valence-electron chi connectivity index (χ2n) is 9.34. The number of alkyl carbamates (subject to hydrolysis) is 1. The highest BCUT2D eigenvalue weighted by molar-refractivity contribution is 5.92. The number of nitrogens with two attached hydrogens (primary N) is 1. The van der Waals surface area contributed by atoms with Gasteiger partial charge < -0.3 is 26.0 Å². The molecular formula is C27H33N5O5. The molecule has 2 unspecified atom stereocenters. The van der Waals surface area contributed by atoms with E-state index in [1.54, 1.807) is 51.1 Å². The third kappa shape index (κ3) is 9.64. The lowest BCUT2D eigenvalue weighted by Crippen LogP contribution is -2.53. The fourth-order valence-corrected chi connectivity index (χ4v) is 3.56. The molecular weight excluding hydrogens is 474 g/mol. The summed E-state index contributed by atoms with van der Waals surface area (Å²) in [5.41, 5.74) is 5.77. The molecule has 4 N–H and O–H groups in total. The highest BCUT2D eigenvalue weighted by Crippen LogP contribution is 2.23. The van der Waals surface area contributed by atoms with Crippen LogP contribution in [0.5, 0.6) is 0 Å². The Bertz CT molecular complexity index is 1110. The molecule has 10 heteroatoms. The highest BCUT2D eigenvalue weighted by Gasteiger charge is 2.36. The van der Waals surface area contributed by atoms with Gasteiger partial charge in [0, 0.05) is 13.0 Å². The van der Waals surface area contributed by atoms with Crippen LogP contribution in [0, 0.1) is 11.3 Å². The molecule has 0 saturated heterocycles. The maximum absolute atomic E-state index is 13.7. The standard InChI is InChI=1S/C27H33N5O5/c1-27(2,3)37-26(36)31-21(14-15-22(29)33)25(35)32(17-16-28)23(20-12-8-5-9-13-20)24(34)30-18-19-10-6-4-7-11-19/h4-13,21,23H,14-15,17-18H2,1-3H3,(H2,29,33)(H,30,34)(H,31,36). The van der Waals surface area contributed by atoms with Crippen LogP contribution in [-0.2, 0) is 25.7 Å². The second kappa shape index (κ2) is 13.6. The summed E-state index contributed by atoms with van der Waals surface area (Å²) in [7, 11) is 0. The summed E-state index contributed by atoms with van der Waals surface area (Å²) < 4.78 is 5.26. The van der Waals surface area contributed by atoms with Crippen LogP contribution in [-0.4, -0.2) is 46.9 Å². The normalized spacial score (nSPS) is 12.4. The van der Waals surface area contributed by atoms with E-state index in [2.05, 4.69) is 10.6 Å². The van der Waals surface area contributed by atoms with E-state index in [0.29, 0.717) is 5.56 Å². The van der Waals surface area contributed by atoms with E-state index in [0.717, 1.165) is 10.5 Å². The number of nitrogens with zero attached hydrogens (tertiary/aromatic N) is 2. The maximum Gasteiger partial charge on any atom is 0.408 e. The molecule has 2 rings (SSSR count). The van der Waals surface area contributed by atoms with Gasteiger partial charge in [-0.3, -0.25) is 14.4 Å². The third-order valence-corrected chi connectivity index (χ3v) is 5.18. The number of nitriles is 1. The van der Waals surface area contributed by atoms with Gasteiger partial charge in [-0.2, -0.15) is 5.26 Å². The second-order valence-corrected chi connectivity index (χ2v) is 9.34. The lowest BCUT2D eigenvalue weighted by molar-refractivity contribution is -0.142. The Hall–Kier alpha value is -4.39. The molecule has 0 aliphatic carbocycles. The Morgan fingerprint density at radius 2 is 1.62 bits per heavy atom. The van der Waals surface area contributed by atoms with E-state index in [4.69, 9.17) is 10.5 Å². The van der Waals surface area contributed by atoms with Gasteiger partial charge in [-0.25, -0.2) is 4.79 Å². The molecule has 0 fully saturated rings. The van der Waals surface area contributed by atoms with E-state index in [9.17, 15) is 24.4 Å². The van der Waals surface area contributed by atoms with Gasteiger partial charge in [-0.05, 0) is 38.3 Å². The molecule has 2 aromatic carbocycles. The van der Waals surface area contributed by atoms with Crippen molar-refractivity contribution in [2.24, 2.45) is 5.73 Å². The van der Waals surface area contributed by atoms with Crippen molar-refractivity contribution in [3.05, 3.63) is 71.8 Å². The maximum atomic E-state index is 13.7. The van der Waals surface area contributed by atoms with Crippen LogP contribution in [0.4, 0.5) is 4.79 Å². The predicted octanol–water partition coefficient (Wildman–Crippen LogP) is 2.56. The van der Waals surface area contributed by atoms with E-state index in [-0.39, 0.29) is 19.4 Å². The van der Waals surface area contributed by atoms with Crippen LogP contribution in [0.1, 0.15) is 50.8 Å². The summed E-state index contributed by atoms with van der Waals surface area (Å²) in [6, 6.07) is 17.3. The zero-order valence-corrected chi connectivity index (χ0v) is 21.3. The highest BCUT2D eigenvalue weighted by atomic mass is 16.6. The molecule has 4 amide bonds. The quantitative estimate of drug-likeness (QED) is 0.397. The molecule has 0 spiro atoms. The average Bonchev–Trinajstić information content (AvgIpc) is 2.84. The summed E-state index contributed by atoms with van der Waals surface area (Å²) in [4.78, 5) is 52.2. The molecule has 0 heterocycles. The monoisotopic (exact) mass is 507 g/mol. The number of rotatable bonds is 11. The van der Waals surface area contributed by atoms with Gasteiger partial charge >= 0.3 is 6.09 Å². The minimum absolute atomic E-state index is 0.136. The number of hydrogen-bond donors (Lipinski definition) is 3. The molecule has 196 valence electrons. The first-order chi connectivity index (χ1) is 17.5. The molecule has 0 aliphatic heterocycles. The fraction of sp³-hybridized carbons (Fsp3) is 0.370. The van der Waals surface area contributed by atoms with Crippen molar-refractivity contribution in [1.82, 2.24) is 15.5 Å². The topological polar surface area (TPSA) is 155 Å². The van der Waals surface area contributed by atoms with Crippen molar-refractivity contribution >= 4 is 23.8 Å². The predicted molar refractivity (Wildman–Crippen MR) is 136 cm³/mol. The minimum Gasteiger partial charge on any atom is -0.444 e. The van der Waals surface area contributed by atoms with Crippen molar-refractivity contribution in [3.63, 3.8) is 0 Å². The van der Waals surface area contributed by atoms with E-state index >= 15 is 0 Å². The summed E-state index contributed by atoms with van der Waals surface area (Å²) in [5.74, 6) is -1.90. The molecule has 0 aromatic heterocycles. The van der Waals surface area contributed by atoms with Gasteiger partial charge in [-0.1, -0.05) is 60.7 Å². The molecule has 2 atom stereocenters. The van der Waals surface area contributed by atoms with Crippen LogP contribution in [0.15, 0.2) is 60.7 Å². The smallest absolute Gasteiger partial charge is 0.408 e. The van der Waals surface area contributed by atoms with Gasteiger partial charge in [0.1, 0.15) is 24.2 Å². The van der Waals surface area contributed by atoms with Crippen molar-refractivity contribution < 1.29 is 23.9 Å². The Labute approximate surface area is 216 Å². The number of amides is 4. The zero-order chi connectivity index (χ0) is 27.4. The number of hydrogen-bond acceptors (Lipinski definition) is 6. The van der Waals surface area contributed by atoms with Crippen LogP contribution in [0.2, 0.25) is 0 Å². The first-order valence-electron chi connectivity index (χ1n) is 11.8. The molecule has 0 radical (unpaired) electrons. The van der Waals surface area contributed by atoms with Gasteiger partial charge in [0.05, 0.1) is 6.07 Å². The van der Waals surface area contributed by atoms with Crippen molar-refractivity contribution in [2.75, 3.05) is 6.54 Å². The first kappa shape index (κ1) is 28.8. The van der Waals surface area contributed by atoms with Gasteiger partial charge in [0.25, 0.3) is 0 Å². The van der Waals surface area contributed by atoms with Crippen molar-refractivity contribution in [3.8, 4) is 6.07 Å². The SMILES string of the molecule is CC(C)(C)OC(=O)NC(CCC(N)=O)C(=O)N(CC#N)C(C(=O)NCc1ccccc1)c1ccccc1. The Balaban J connectivity index is 2.39. The molecule has 0 saturated carbocycles. The van der Waals surface area contributed by atoms with Gasteiger partial charge in [0.2, 0.25) is 17.7 Å². The van der Waals surface area contributed by atoms with Crippen LogP contribution in [0.3, 0.4) is 0 Å². The number of benzene rings is 2. The first-order valence-corrected chi connectivity index (χ1v) is 11.8. The number of carbonyl (C=O) groups excluding carboxylic acids is 4. The van der Waals surface area contributed by atoms with E-state index < -0.39 is 48.0 Å². The van der Waals surface area contributed by atoms with E-state index in [1.807, 2.05) is 36.4 Å². The minimum atomic E-state index is -1.26. The number of carbonyl (C=O) groups is 4. The molecule has 0 aliphatic rings. The number of ether oxygens (including phenoxy) is 1. The molecule has 37 heavy (non-hydrogen) atoms.